The lowest BCUT2D eigenvalue weighted by Crippen LogP contribution is -2.49. The summed E-state index contributed by atoms with van der Waals surface area (Å²) in [7, 11) is 0. The third-order valence-electron chi connectivity index (χ3n) is 3.54. The Hall–Kier alpha value is -2.11. The van der Waals surface area contributed by atoms with Crippen LogP contribution in [0.5, 0.6) is 0 Å². The molecule has 2 N–H and O–H groups in total. The average Bonchev–Trinajstić information content (AvgIpc) is 2.54. The number of hydrogen-bond donors (Lipinski definition) is 2. The van der Waals surface area contributed by atoms with Gasteiger partial charge in [-0.05, 0) is 31.4 Å². The first-order chi connectivity index (χ1) is 10.2. The molecule has 2 rings (SSSR count). The Morgan fingerprint density at radius 1 is 1.33 bits per heavy atom. The topological polar surface area (TPSA) is 74.3 Å². The van der Waals surface area contributed by atoms with E-state index in [9.17, 15) is 9.59 Å². The summed E-state index contributed by atoms with van der Waals surface area (Å²) in [6.07, 6.45) is 4.09. The van der Waals surface area contributed by atoms with E-state index in [2.05, 4.69) is 15.6 Å². The van der Waals surface area contributed by atoms with Gasteiger partial charge in [0.1, 0.15) is 5.69 Å². The van der Waals surface area contributed by atoms with Crippen LogP contribution in [0.1, 0.15) is 36.7 Å². The number of amides is 3. The number of urea groups is 1. The van der Waals surface area contributed by atoms with E-state index in [1.807, 2.05) is 6.92 Å². The highest BCUT2D eigenvalue weighted by Gasteiger charge is 2.24. The molecule has 1 saturated heterocycles. The molecule has 1 fully saturated rings. The molecule has 3 amide bonds. The number of nitrogens with zero attached hydrogens (tertiary/aromatic N) is 2. The summed E-state index contributed by atoms with van der Waals surface area (Å²) >= 11 is 0. The quantitative estimate of drug-likeness (QED) is 0.880. The summed E-state index contributed by atoms with van der Waals surface area (Å²) < 4.78 is 0. The molecule has 2 heterocycles. The van der Waals surface area contributed by atoms with Crippen LogP contribution < -0.4 is 10.6 Å². The second-order valence-electron chi connectivity index (χ2n) is 5.18. The highest BCUT2D eigenvalue weighted by molar-refractivity contribution is 5.92. The Morgan fingerprint density at radius 2 is 2.10 bits per heavy atom. The zero-order valence-electron chi connectivity index (χ0n) is 12.3. The minimum absolute atomic E-state index is 0.00801. The van der Waals surface area contributed by atoms with Crippen molar-refractivity contribution >= 4 is 11.9 Å². The molecule has 1 aliphatic heterocycles. The van der Waals surface area contributed by atoms with E-state index in [-0.39, 0.29) is 18.0 Å². The van der Waals surface area contributed by atoms with Gasteiger partial charge >= 0.3 is 6.03 Å². The van der Waals surface area contributed by atoms with Gasteiger partial charge in [0.25, 0.3) is 5.91 Å². The van der Waals surface area contributed by atoms with Crippen LogP contribution in [-0.2, 0) is 0 Å². The van der Waals surface area contributed by atoms with Gasteiger partial charge in [-0.3, -0.25) is 9.78 Å². The third-order valence-corrected chi connectivity index (χ3v) is 3.54. The standard InChI is InChI=1S/C15H22N4O2/c1-2-8-17-15(21)19-10-6-12(7-11-19)18-14(20)13-5-3-4-9-16-13/h3-5,9,12H,2,6-8,10-11H2,1H3,(H,17,21)(H,18,20). The second kappa shape index (κ2) is 7.61. The van der Waals surface area contributed by atoms with Crippen LogP contribution in [0.25, 0.3) is 0 Å². The van der Waals surface area contributed by atoms with E-state index < -0.39 is 0 Å². The Labute approximate surface area is 124 Å². The maximum Gasteiger partial charge on any atom is 0.317 e. The van der Waals surface area contributed by atoms with Crippen LogP contribution in [0.2, 0.25) is 0 Å². The molecule has 0 saturated carbocycles. The predicted octanol–water partition coefficient (Wildman–Crippen LogP) is 1.40. The molecule has 0 radical (unpaired) electrons. The van der Waals surface area contributed by atoms with Crippen molar-refractivity contribution in [3.8, 4) is 0 Å². The number of rotatable bonds is 4. The van der Waals surface area contributed by atoms with Gasteiger partial charge in [-0.25, -0.2) is 4.79 Å². The molecular weight excluding hydrogens is 268 g/mol. The lowest BCUT2D eigenvalue weighted by Gasteiger charge is -2.32. The molecule has 21 heavy (non-hydrogen) atoms. The van der Waals surface area contributed by atoms with Crippen LogP contribution >= 0.6 is 0 Å². The smallest absolute Gasteiger partial charge is 0.317 e. The Kier molecular flexibility index (Phi) is 5.54. The zero-order valence-corrected chi connectivity index (χ0v) is 12.3. The first-order valence-electron chi connectivity index (χ1n) is 7.45. The molecule has 6 heteroatoms. The van der Waals surface area contributed by atoms with Gasteiger partial charge in [0.05, 0.1) is 0 Å². The number of carbonyl (C=O) groups is 2. The third kappa shape index (κ3) is 4.44. The molecule has 0 aliphatic carbocycles. The van der Waals surface area contributed by atoms with Gasteiger partial charge < -0.3 is 15.5 Å². The molecule has 1 aromatic rings. The Morgan fingerprint density at radius 3 is 2.71 bits per heavy atom. The van der Waals surface area contributed by atoms with Crippen molar-refractivity contribution in [1.29, 1.82) is 0 Å². The minimum atomic E-state index is -0.149. The summed E-state index contributed by atoms with van der Waals surface area (Å²) in [6.45, 7) is 4.07. The molecule has 1 aromatic heterocycles. The van der Waals surface area contributed by atoms with E-state index in [0.717, 1.165) is 19.3 Å². The molecule has 114 valence electrons. The number of nitrogens with one attached hydrogen (secondary N) is 2. The SMILES string of the molecule is CCCNC(=O)N1CCC(NC(=O)c2ccccn2)CC1. The van der Waals surface area contributed by atoms with E-state index in [1.165, 1.54) is 0 Å². The monoisotopic (exact) mass is 290 g/mol. The number of carbonyl (C=O) groups excluding carboxylic acids is 2. The van der Waals surface area contributed by atoms with E-state index >= 15 is 0 Å². The molecule has 0 bridgehead atoms. The number of aromatic nitrogens is 1. The number of piperidine rings is 1. The summed E-state index contributed by atoms with van der Waals surface area (Å²) in [5.74, 6) is -0.149. The lowest BCUT2D eigenvalue weighted by molar-refractivity contribution is 0.0913. The summed E-state index contributed by atoms with van der Waals surface area (Å²) in [4.78, 5) is 29.7. The Bertz CT molecular complexity index is 470. The van der Waals surface area contributed by atoms with Gasteiger partial charge in [0.15, 0.2) is 0 Å². The zero-order chi connectivity index (χ0) is 15.1. The van der Waals surface area contributed by atoms with Gasteiger partial charge in [-0.1, -0.05) is 13.0 Å². The van der Waals surface area contributed by atoms with Crippen LogP contribution in [0.4, 0.5) is 4.79 Å². The van der Waals surface area contributed by atoms with Crippen LogP contribution in [0.3, 0.4) is 0 Å². The van der Waals surface area contributed by atoms with Crippen LogP contribution in [0, 0.1) is 0 Å². The van der Waals surface area contributed by atoms with Crippen molar-refractivity contribution in [2.24, 2.45) is 0 Å². The van der Waals surface area contributed by atoms with Gasteiger partial charge in [-0.2, -0.15) is 0 Å². The van der Waals surface area contributed by atoms with Gasteiger partial charge in [0.2, 0.25) is 0 Å². The maximum atomic E-state index is 12.0. The summed E-state index contributed by atoms with van der Waals surface area (Å²) in [5.41, 5.74) is 0.431. The highest BCUT2D eigenvalue weighted by atomic mass is 16.2. The fraction of sp³-hybridized carbons (Fsp3) is 0.533. The molecule has 1 aliphatic rings. The van der Waals surface area contributed by atoms with Crippen molar-refractivity contribution < 1.29 is 9.59 Å². The molecule has 0 atom stereocenters. The average molecular weight is 290 g/mol. The number of pyridine rings is 1. The van der Waals surface area contributed by atoms with Crippen LogP contribution in [-0.4, -0.2) is 47.5 Å². The van der Waals surface area contributed by atoms with Crippen molar-refractivity contribution in [2.75, 3.05) is 19.6 Å². The first-order valence-corrected chi connectivity index (χ1v) is 7.45. The fourth-order valence-electron chi connectivity index (χ4n) is 2.33. The molecule has 6 nitrogen and oxygen atoms in total. The maximum absolute atomic E-state index is 12.0. The molecule has 0 aromatic carbocycles. The second-order valence-corrected chi connectivity index (χ2v) is 5.18. The van der Waals surface area contributed by atoms with Crippen molar-refractivity contribution in [1.82, 2.24) is 20.5 Å². The van der Waals surface area contributed by atoms with Crippen molar-refractivity contribution in [3.05, 3.63) is 30.1 Å². The Balaban J connectivity index is 1.77. The largest absolute Gasteiger partial charge is 0.348 e. The first kappa shape index (κ1) is 15.3. The van der Waals surface area contributed by atoms with E-state index in [1.54, 1.807) is 29.3 Å². The normalized spacial score (nSPS) is 15.6. The lowest BCUT2D eigenvalue weighted by atomic mass is 10.1. The summed E-state index contributed by atoms with van der Waals surface area (Å²) in [6, 6.07) is 5.37. The van der Waals surface area contributed by atoms with E-state index in [4.69, 9.17) is 0 Å². The van der Waals surface area contributed by atoms with Crippen molar-refractivity contribution in [3.63, 3.8) is 0 Å². The summed E-state index contributed by atoms with van der Waals surface area (Å²) in [5, 5.41) is 5.85. The predicted molar refractivity (Wildman–Crippen MR) is 80.0 cm³/mol. The molecule has 0 spiro atoms. The van der Waals surface area contributed by atoms with Gasteiger partial charge in [0, 0.05) is 31.9 Å². The molecular formula is C15H22N4O2. The number of likely N-dealkylation sites (tertiary alicyclic amines) is 1. The fourth-order valence-corrected chi connectivity index (χ4v) is 2.33. The van der Waals surface area contributed by atoms with Crippen molar-refractivity contribution in [2.45, 2.75) is 32.2 Å². The molecule has 0 unspecified atom stereocenters. The van der Waals surface area contributed by atoms with Crippen LogP contribution in [0.15, 0.2) is 24.4 Å². The number of hydrogen-bond acceptors (Lipinski definition) is 3. The minimum Gasteiger partial charge on any atom is -0.348 e. The van der Waals surface area contributed by atoms with E-state index in [0.29, 0.717) is 25.3 Å². The van der Waals surface area contributed by atoms with Gasteiger partial charge in [-0.15, -0.1) is 0 Å². The highest BCUT2D eigenvalue weighted by Crippen LogP contribution is 2.11.